The van der Waals surface area contributed by atoms with Crippen LogP contribution < -0.4 is 10.5 Å². The second-order valence-electron chi connectivity index (χ2n) is 3.55. The van der Waals surface area contributed by atoms with Gasteiger partial charge in [0.2, 0.25) is 0 Å². The molecule has 5 nitrogen and oxygen atoms in total. The molecule has 0 saturated heterocycles. The lowest BCUT2D eigenvalue weighted by Crippen LogP contribution is -1.96. The van der Waals surface area contributed by atoms with E-state index in [-0.39, 0.29) is 0 Å². The molecule has 2 N–H and O–H groups in total. The fraction of sp³-hybridized carbons (Fsp3) is 0.333. The van der Waals surface area contributed by atoms with E-state index < -0.39 is 10.1 Å². The standard InChI is InChI=1S/C11H15NO.CH4O3S/c1-2-3-4-9-13-11-7-5-10(12)6-8-11;1-5(2,3)4/h2,5-8H,1,3-4,9,12H2;1H3,(H,2,3,4)/p-1. The van der Waals surface area contributed by atoms with Crippen molar-refractivity contribution in [3.05, 3.63) is 36.9 Å². The second-order valence-corrected chi connectivity index (χ2v) is 4.96. The minimum Gasteiger partial charge on any atom is -0.748 e. The first kappa shape index (κ1) is 16.5. The highest BCUT2D eigenvalue weighted by molar-refractivity contribution is 7.84. The summed E-state index contributed by atoms with van der Waals surface area (Å²) in [4.78, 5) is 0. The van der Waals surface area contributed by atoms with Crippen molar-refractivity contribution < 1.29 is 17.7 Å². The molecule has 0 amide bonds. The Morgan fingerprint density at radius 3 is 2.33 bits per heavy atom. The SMILES string of the molecule is C=CCCCOc1ccc(N)cc1.CS(=O)(=O)[O-]. The van der Waals surface area contributed by atoms with Gasteiger partial charge in [-0.2, -0.15) is 0 Å². The van der Waals surface area contributed by atoms with Gasteiger partial charge in [0.1, 0.15) is 5.75 Å². The maximum Gasteiger partial charge on any atom is 0.119 e. The lowest BCUT2D eigenvalue weighted by molar-refractivity contribution is 0.312. The van der Waals surface area contributed by atoms with E-state index in [2.05, 4.69) is 6.58 Å². The molecule has 0 aliphatic rings. The van der Waals surface area contributed by atoms with Crippen LogP contribution in [0.5, 0.6) is 5.75 Å². The number of hydrogen-bond acceptors (Lipinski definition) is 5. The number of benzene rings is 1. The Balaban J connectivity index is 0.000000494. The minimum atomic E-state index is -3.92. The molecule has 18 heavy (non-hydrogen) atoms. The van der Waals surface area contributed by atoms with Crippen molar-refractivity contribution in [3.8, 4) is 5.75 Å². The Morgan fingerprint density at radius 1 is 1.39 bits per heavy atom. The van der Waals surface area contributed by atoms with E-state index in [0.29, 0.717) is 6.26 Å². The first-order valence-corrected chi connectivity index (χ1v) is 7.14. The molecule has 0 fully saturated rings. The summed E-state index contributed by atoms with van der Waals surface area (Å²) >= 11 is 0. The Kier molecular flexibility index (Phi) is 7.82. The number of anilines is 1. The third-order valence-corrected chi connectivity index (χ3v) is 1.70. The van der Waals surface area contributed by atoms with Gasteiger partial charge in [0.15, 0.2) is 0 Å². The molecule has 0 spiro atoms. The zero-order chi connectivity index (χ0) is 14.0. The monoisotopic (exact) mass is 272 g/mol. The third kappa shape index (κ3) is 12.5. The molecule has 1 rings (SSSR count). The lowest BCUT2D eigenvalue weighted by Gasteiger charge is -2.04. The van der Waals surface area contributed by atoms with Crippen LogP contribution in [-0.2, 0) is 10.1 Å². The Hall–Kier alpha value is -1.53. The van der Waals surface area contributed by atoms with E-state index in [1.54, 1.807) is 0 Å². The van der Waals surface area contributed by atoms with Crippen LogP contribution in [0.2, 0.25) is 0 Å². The molecule has 1 aromatic carbocycles. The zero-order valence-corrected chi connectivity index (χ0v) is 11.2. The molecule has 0 aliphatic heterocycles. The van der Waals surface area contributed by atoms with Gasteiger partial charge in [-0.25, -0.2) is 8.42 Å². The summed E-state index contributed by atoms with van der Waals surface area (Å²) < 4.78 is 32.7. The highest BCUT2D eigenvalue weighted by Crippen LogP contribution is 2.13. The summed E-state index contributed by atoms with van der Waals surface area (Å²) in [6.07, 6.45) is 4.50. The third-order valence-electron chi connectivity index (χ3n) is 1.70. The first-order chi connectivity index (χ1) is 8.33. The second kappa shape index (κ2) is 8.54. The van der Waals surface area contributed by atoms with Crippen molar-refractivity contribution >= 4 is 15.8 Å². The largest absolute Gasteiger partial charge is 0.748 e. The van der Waals surface area contributed by atoms with Crippen LogP contribution in [0, 0.1) is 0 Å². The Bertz CT molecular complexity index is 432. The number of nitrogen functional groups attached to an aromatic ring is 1. The molecule has 0 radical (unpaired) electrons. The van der Waals surface area contributed by atoms with E-state index in [9.17, 15) is 0 Å². The van der Waals surface area contributed by atoms with Gasteiger partial charge in [0.25, 0.3) is 0 Å². The van der Waals surface area contributed by atoms with Gasteiger partial charge in [-0.15, -0.1) is 6.58 Å². The lowest BCUT2D eigenvalue weighted by atomic mass is 10.3. The number of nitrogens with two attached hydrogens (primary N) is 1. The normalized spacial score (nSPS) is 10.1. The molecule has 1 aromatic rings. The van der Waals surface area contributed by atoms with Gasteiger partial charge in [0, 0.05) is 11.9 Å². The van der Waals surface area contributed by atoms with Crippen LogP contribution in [0.4, 0.5) is 5.69 Å². The van der Waals surface area contributed by atoms with Crippen LogP contribution in [0.3, 0.4) is 0 Å². The predicted molar refractivity (Wildman–Crippen MR) is 71.4 cm³/mol. The van der Waals surface area contributed by atoms with Crippen molar-refractivity contribution in [2.75, 3.05) is 18.6 Å². The molecule has 0 saturated carbocycles. The molecule has 0 aliphatic carbocycles. The van der Waals surface area contributed by atoms with Crippen molar-refractivity contribution in [1.29, 1.82) is 0 Å². The molecule has 6 heteroatoms. The quantitative estimate of drug-likeness (QED) is 0.381. The highest BCUT2D eigenvalue weighted by Gasteiger charge is 1.91. The summed E-state index contributed by atoms with van der Waals surface area (Å²) in [5, 5.41) is 0. The molecule has 0 bridgehead atoms. The fourth-order valence-electron chi connectivity index (χ4n) is 0.982. The molecular weight excluding hydrogens is 254 g/mol. The van der Waals surface area contributed by atoms with Crippen LogP contribution in [0.1, 0.15) is 12.8 Å². The van der Waals surface area contributed by atoms with Crippen LogP contribution in [-0.4, -0.2) is 25.8 Å². The van der Waals surface area contributed by atoms with Crippen LogP contribution >= 0.6 is 0 Å². The van der Waals surface area contributed by atoms with Gasteiger partial charge in [-0.3, -0.25) is 0 Å². The summed E-state index contributed by atoms with van der Waals surface area (Å²) in [5.41, 5.74) is 6.30. The number of hydrogen-bond donors (Lipinski definition) is 1. The van der Waals surface area contributed by atoms with E-state index in [0.717, 1.165) is 30.9 Å². The van der Waals surface area contributed by atoms with E-state index in [1.807, 2.05) is 30.3 Å². The van der Waals surface area contributed by atoms with Crippen molar-refractivity contribution in [3.63, 3.8) is 0 Å². The molecule has 0 heterocycles. The van der Waals surface area contributed by atoms with E-state index in [1.165, 1.54) is 0 Å². The number of unbranched alkanes of at least 4 members (excludes halogenated alkanes) is 1. The zero-order valence-electron chi connectivity index (χ0n) is 10.3. The van der Waals surface area contributed by atoms with E-state index in [4.69, 9.17) is 23.4 Å². The Morgan fingerprint density at radius 2 is 1.89 bits per heavy atom. The fourth-order valence-corrected chi connectivity index (χ4v) is 0.982. The average Bonchev–Trinajstić information content (AvgIpc) is 2.25. The Labute approximate surface area is 108 Å². The molecule has 0 aromatic heterocycles. The van der Waals surface area contributed by atoms with Crippen molar-refractivity contribution in [2.45, 2.75) is 12.8 Å². The summed E-state index contributed by atoms with van der Waals surface area (Å²) in [5.74, 6) is 0.873. The van der Waals surface area contributed by atoms with Crippen molar-refractivity contribution in [1.82, 2.24) is 0 Å². The smallest absolute Gasteiger partial charge is 0.119 e. The van der Waals surface area contributed by atoms with Crippen LogP contribution in [0.25, 0.3) is 0 Å². The van der Waals surface area contributed by atoms with Gasteiger partial charge in [-0.1, -0.05) is 6.08 Å². The van der Waals surface area contributed by atoms with Gasteiger partial charge >= 0.3 is 0 Å². The van der Waals surface area contributed by atoms with E-state index >= 15 is 0 Å². The first-order valence-electron chi connectivity index (χ1n) is 5.33. The van der Waals surface area contributed by atoms with Gasteiger partial charge in [0.05, 0.1) is 16.7 Å². The molecule has 102 valence electrons. The van der Waals surface area contributed by atoms with Gasteiger partial charge in [-0.05, 0) is 37.1 Å². The average molecular weight is 272 g/mol. The molecule has 0 unspecified atom stereocenters. The summed E-state index contributed by atoms with van der Waals surface area (Å²) in [7, 11) is -3.92. The molecule has 0 atom stereocenters. The maximum absolute atomic E-state index is 9.08. The van der Waals surface area contributed by atoms with Gasteiger partial charge < -0.3 is 15.0 Å². The maximum atomic E-state index is 9.08. The number of ether oxygens (including phenoxy) is 1. The topological polar surface area (TPSA) is 92.5 Å². The van der Waals surface area contributed by atoms with Crippen LogP contribution in [0.15, 0.2) is 36.9 Å². The predicted octanol–water partition coefficient (Wildman–Crippen LogP) is 1.78. The summed E-state index contributed by atoms with van der Waals surface area (Å²) in [6.45, 7) is 4.38. The molecular formula is C12H18NO4S-. The van der Waals surface area contributed by atoms with Crippen molar-refractivity contribution in [2.24, 2.45) is 0 Å². The number of rotatable bonds is 5. The minimum absolute atomic E-state index is 0.604. The summed E-state index contributed by atoms with van der Waals surface area (Å²) in [6, 6.07) is 7.43. The number of allylic oxidation sites excluding steroid dienone is 1. The highest BCUT2D eigenvalue weighted by atomic mass is 32.2.